The third kappa shape index (κ3) is 2.38. The van der Waals surface area contributed by atoms with E-state index < -0.39 is 0 Å². The van der Waals surface area contributed by atoms with Gasteiger partial charge in [-0.1, -0.05) is 6.07 Å². The van der Waals surface area contributed by atoms with E-state index in [0.717, 1.165) is 16.0 Å². The van der Waals surface area contributed by atoms with Crippen LogP contribution in [0.1, 0.15) is 26.4 Å². The lowest BCUT2D eigenvalue weighted by atomic mass is 10.1. The van der Waals surface area contributed by atoms with Gasteiger partial charge in [-0.2, -0.15) is 0 Å². The maximum absolute atomic E-state index is 12.1. The van der Waals surface area contributed by atoms with Crippen LogP contribution < -0.4 is 5.32 Å². The van der Waals surface area contributed by atoms with E-state index >= 15 is 0 Å². The number of amides is 1. The van der Waals surface area contributed by atoms with Crippen LogP contribution in [0.25, 0.3) is 0 Å². The van der Waals surface area contributed by atoms with Crippen LogP contribution in [0.3, 0.4) is 0 Å². The zero-order valence-electron chi connectivity index (χ0n) is 10.6. The number of nitrogens with one attached hydrogen (secondary N) is 1. The summed E-state index contributed by atoms with van der Waals surface area (Å²) in [6.45, 7) is 5.80. The van der Waals surface area contributed by atoms with Crippen molar-refractivity contribution in [3.63, 3.8) is 0 Å². The first kappa shape index (κ1) is 12.6. The van der Waals surface area contributed by atoms with Gasteiger partial charge < -0.3 is 10.4 Å². The van der Waals surface area contributed by atoms with Gasteiger partial charge in [0, 0.05) is 10.3 Å². The van der Waals surface area contributed by atoms with Crippen molar-refractivity contribution >= 4 is 22.9 Å². The molecule has 0 saturated heterocycles. The molecule has 0 aliphatic heterocycles. The number of aromatic hydroxyl groups is 1. The summed E-state index contributed by atoms with van der Waals surface area (Å²) in [6, 6.07) is 5.18. The van der Waals surface area contributed by atoms with Crippen LogP contribution >= 0.6 is 11.3 Å². The molecule has 0 aliphatic carbocycles. The number of rotatable bonds is 2. The van der Waals surface area contributed by atoms with Crippen LogP contribution in [0.15, 0.2) is 23.6 Å². The summed E-state index contributed by atoms with van der Waals surface area (Å²) in [7, 11) is 0. The van der Waals surface area contributed by atoms with E-state index in [1.807, 2.05) is 32.2 Å². The Hall–Kier alpha value is -1.81. The Balaban J connectivity index is 2.24. The van der Waals surface area contributed by atoms with Crippen LogP contribution in [-0.2, 0) is 0 Å². The number of anilines is 1. The predicted molar refractivity (Wildman–Crippen MR) is 74.6 cm³/mol. The molecule has 0 bridgehead atoms. The molecule has 1 aromatic heterocycles. The van der Waals surface area contributed by atoms with Gasteiger partial charge in [-0.25, -0.2) is 0 Å². The zero-order chi connectivity index (χ0) is 13.3. The van der Waals surface area contributed by atoms with E-state index in [-0.39, 0.29) is 11.7 Å². The molecule has 94 valence electrons. The number of aryl methyl sites for hydroxylation is 2. The molecule has 0 radical (unpaired) electrons. The average molecular weight is 261 g/mol. The Kier molecular flexibility index (Phi) is 3.39. The SMILES string of the molecule is Cc1ccc(NC(=O)c2csc(C)c2C)c(O)c1. The average Bonchev–Trinajstić information content (AvgIpc) is 2.64. The molecule has 0 unspecified atom stereocenters. The normalized spacial score (nSPS) is 10.4. The van der Waals surface area contributed by atoms with E-state index in [0.29, 0.717) is 11.3 Å². The molecular formula is C14H15NO2S. The van der Waals surface area contributed by atoms with Gasteiger partial charge in [0.25, 0.3) is 5.91 Å². The first-order chi connectivity index (χ1) is 8.49. The van der Waals surface area contributed by atoms with Crippen molar-refractivity contribution in [3.05, 3.63) is 45.1 Å². The maximum atomic E-state index is 12.1. The largest absolute Gasteiger partial charge is 0.506 e. The van der Waals surface area contributed by atoms with Gasteiger partial charge in [-0.05, 0) is 44.0 Å². The van der Waals surface area contributed by atoms with E-state index in [2.05, 4.69) is 5.32 Å². The molecule has 4 heteroatoms. The fourth-order valence-electron chi connectivity index (χ4n) is 1.67. The summed E-state index contributed by atoms with van der Waals surface area (Å²) in [6.07, 6.45) is 0. The molecule has 1 amide bonds. The molecular weight excluding hydrogens is 246 g/mol. The number of benzene rings is 1. The summed E-state index contributed by atoms with van der Waals surface area (Å²) < 4.78 is 0. The van der Waals surface area contributed by atoms with Gasteiger partial charge in [0.1, 0.15) is 5.75 Å². The number of phenolic OH excluding ortho intramolecular Hbond substituents is 1. The van der Waals surface area contributed by atoms with Gasteiger partial charge in [-0.3, -0.25) is 4.79 Å². The van der Waals surface area contributed by atoms with Gasteiger partial charge in [0.05, 0.1) is 11.3 Å². The highest BCUT2D eigenvalue weighted by Gasteiger charge is 2.13. The molecule has 1 aromatic carbocycles. The Morgan fingerprint density at radius 1 is 1.28 bits per heavy atom. The first-order valence-electron chi connectivity index (χ1n) is 5.64. The van der Waals surface area contributed by atoms with E-state index in [9.17, 15) is 9.90 Å². The Bertz CT molecular complexity index is 602. The molecule has 0 saturated carbocycles. The number of hydrogen-bond acceptors (Lipinski definition) is 3. The Labute approximate surface area is 110 Å². The smallest absolute Gasteiger partial charge is 0.256 e. The van der Waals surface area contributed by atoms with E-state index in [4.69, 9.17) is 0 Å². The van der Waals surface area contributed by atoms with Crippen LogP contribution in [-0.4, -0.2) is 11.0 Å². The quantitative estimate of drug-likeness (QED) is 0.811. The van der Waals surface area contributed by atoms with Crippen LogP contribution in [0, 0.1) is 20.8 Å². The lowest BCUT2D eigenvalue weighted by Gasteiger charge is -2.07. The topological polar surface area (TPSA) is 49.3 Å². The molecule has 1 heterocycles. The van der Waals surface area contributed by atoms with Crippen molar-refractivity contribution in [2.75, 3.05) is 5.32 Å². The maximum Gasteiger partial charge on any atom is 0.256 e. The lowest BCUT2D eigenvalue weighted by molar-refractivity contribution is 0.102. The Morgan fingerprint density at radius 3 is 2.56 bits per heavy atom. The lowest BCUT2D eigenvalue weighted by Crippen LogP contribution is -2.12. The second kappa shape index (κ2) is 4.82. The van der Waals surface area contributed by atoms with E-state index in [1.54, 1.807) is 23.5 Å². The predicted octanol–water partition coefficient (Wildman–Crippen LogP) is 3.63. The number of phenols is 1. The van der Waals surface area contributed by atoms with Crippen molar-refractivity contribution in [3.8, 4) is 5.75 Å². The van der Waals surface area contributed by atoms with Crippen molar-refractivity contribution in [1.82, 2.24) is 0 Å². The molecule has 0 spiro atoms. The number of carbonyl (C=O) groups excluding carboxylic acids is 1. The summed E-state index contributed by atoms with van der Waals surface area (Å²) in [5.74, 6) is -0.0936. The minimum absolute atomic E-state index is 0.0907. The standard InChI is InChI=1S/C14H15NO2S/c1-8-4-5-12(13(16)6-8)15-14(17)11-7-18-10(3)9(11)2/h4-7,16H,1-3H3,(H,15,17). The monoisotopic (exact) mass is 261 g/mol. The second-order valence-corrected chi connectivity index (χ2v) is 5.39. The van der Waals surface area contributed by atoms with Gasteiger partial charge in [0.2, 0.25) is 0 Å². The molecule has 18 heavy (non-hydrogen) atoms. The fourth-order valence-corrected chi connectivity index (χ4v) is 2.54. The number of hydrogen-bond donors (Lipinski definition) is 2. The number of carbonyl (C=O) groups is 1. The molecule has 3 nitrogen and oxygen atoms in total. The third-order valence-corrected chi connectivity index (χ3v) is 3.95. The summed E-state index contributed by atoms with van der Waals surface area (Å²) in [4.78, 5) is 13.2. The van der Waals surface area contributed by atoms with Crippen molar-refractivity contribution in [2.24, 2.45) is 0 Å². The second-order valence-electron chi connectivity index (χ2n) is 4.31. The molecule has 2 N–H and O–H groups in total. The van der Waals surface area contributed by atoms with Crippen LogP contribution in [0.2, 0.25) is 0 Å². The molecule has 0 aliphatic rings. The summed E-state index contributed by atoms with van der Waals surface area (Å²) >= 11 is 1.55. The van der Waals surface area contributed by atoms with Crippen LogP contribution in [0.4, 0.5) is 5.69 Å². The number of thiophene rings is 1. The Morgan fingerprint density at radius 2 is 2.00 bits per heavy atom. The van der Waals surface area contributed by atoms with E-state index in [1.165, 1.54) is 0 Å². The minimum atomic E-state index is -0.184. The minimum Gasteiger partial charge on any atom is -0.506 e. The molecule has 2 aromatic rings. The highest BCUT2D eigenvalue weighted by Crippen LogP contribution is 2.26. The zero-order valence-corrected chi connectivity index (χ0v) is 11.4. The molecule has 2 rings (SSSR count). The third-order valence-electron chi connectivity index (χ3n) is 2.93. The summed E-state index contributed by atoms with van der Waals surface area (Å²) in [5.41, 5.74) is 3.04. The summed E-state index contributed by atoms with van der Waals surface area (Å²) in [5, 5.41) is 14.3. The van der Waals surface area contributed by atoms with Gasteiger partial charge in [-0.15, -0.1) is 11.3 Å². The van der Waals surface area contributed by atoms with Crippen molar-refractivity contribution in [2.45, 2.75) is 20.8 Å². The molecule has 0 fully saturated rings. The van der Waals surface area contributed by atoms with Gasteiger partial charge >= 0.3 is 0 Å². The first-order valence-corrected chi connectivity index (χ1v) is 6.52. The van der Waals surface area contributed by atoms with Crippen LogP contribution in [0.5, 0.6) is 5.75 Å². The molecule has 0 atom stereocenters. The van der Waals surface area contributed by atoms with Crippen molar-refractivity contribution in [1.29, 1.82) is 0 Å². The van der Waals surface area contributed by atoms with Gasteiger partial charge in [0.15, 0.2) is 0 Å². The fraction of sp³-hybridized carbons (Fsp3) is 0.214. The van der Waals surface area contributed by atoms with Crippen molar-refractivity contribution < 1.29 is 9.90 Å². The highest BCUT2D eigenvalue weighted by atomic mass is 32.1. The highest BCUT2D eigenvalue weighted by molar-refractivity contribution is 7.10.